The van der Waals surface area contributed by atoms with E-state index in [1.807, 2.05) is 0 Å². The largest absolute Gasteiger partial charge is 0.491 e. The Morgan fingerprint density at radius 2 is 2.00 bits per heavy atom. The zero-order valence-corrected chi connectivity index (χ0v) is 8.25. The lowest BCUT2D eigenvalue weighted by Crippen LogP contribution is -2.38. The van der Waals surface area contributed by atoms with Crippen molar-refractivity contribution in [3.63, 3.8) is 0 Å². The first-order valence-corrected chi connectivity index (χ1v) is 4.92. The predicted molar refractivity (Wildman–Crippen MR) is 54.0 cm³/mol. The maximum atomic E-state index is 12.5. The van der Waals surface area contributed by atoms with Gasteiger partial charge in [0.05, 0.1) is 12.3 Å². The molecule has 0 heterocycles. The molecule has 0 spiro atoms. The maximum absolute atomic E-state index is 12.5. The second-order valence-electron chi connectivity index (χ2n) is 3.98. The molecule has 0 unspecified atom stereocenters. The molecular weight excluding hydrogens is 200 g/mol. The first kappa shape index (κ1) is 10.2. The summed E-state index contributed by atoms with van der Waals surface area (Å²) in [7, 11) is 0. The fourth-order valence-electron chi connectivity index (χ4n) is 1.72. The first-order chi connectivity index (χ1) is 7.07. The molecule has 15 heavy (non-hydrogen) atoms. The Kier molecular flexibility index (Phi) is 2.50. The van der Waals surface area contributed by atoms with Crippen LogP contribution in [0.4, 0.5) is 14.5 Å². The van der Waals surface area contributed by atoms with Crippen LogP contribution in [0.2, 0.25) is 0 Å². The van der Waals surface area contributed by atoms with E-state index in [9.17, 15) is 8.78 Å². The van der Waals surface area contributed by atoms with Crippen LogP contribution in [0.1, 0.15) is 12.8 Å². The van der Waals surface area contributed by atoms with Crippen molar-refractivity contribution in [2.75, 3.05) is 12.3 Å². The first-order valence-electron chi connectivity index (χ1n) is 4.92. The van der Waals surface area contributed by atoms with Crippen LogP contribution in [-0.2, 0) is 0 Å². The average Bonchev–Trinajstić information content (AvgIpc) is 2.13. The number of rotatable bonds is 3. The number of anilines is 1. The molecule has 0 aliphatic heterocycles. The third-order valence-corrected chi connectivity index (χ3v) is 2.57. The Morgan fingerprint density at radius 3 is 2.60 bits per heavy atom. The lowest BCUT2D eigenvalue weighted by atomic mass is 9.82. The molecule has 1 aromatic rings. The summed E-state index contributed by atoms with van der Waals surface area (Å²) in [5.74, 6) is -1.94. The molecule has 0 radical (unpaired) electrons. The lowest BCUT2D eigenvalue weighted by molar-refractivity contribution is -0.119. The fraction of sp³-hybridized carbons (Fsp3) is 0.455. The van der Waals surface area contributed by atoms with Crippen LogP contribution in [0.25, 0.3) is 0 Å². The van der Waals surface area contributed by atoms with E-state index in [4.69, 9.17) is 10.5 Å². The van der Waals surface area contributed by atoms with Gasteiger partial charge in [-0.05, 0) is 12.1 Å². The van der Waals surface area contributed by atoms with Crippen molar-refractivity contribution in [1.82, 2.24) is 0 Å². The second kappa shape index (κ2) is 3.68. The molecule has 0 aromatic heterocycles. The van der Waals surface area contributed by atoms with Crippen molar-refractivity contribution in [3.8, 4) is 5.75 Å². The second-order valence-corrected chi connectivity index (χ2v) is 3.98. The number of halogens is 2. The maximum Gasteiger partial charge on any atom is 0.248 e. The molecular formula is C11H13F2NO. The molecule has 1 aliphatic carbocycles. The van der Waals surface area contributed by atoms with Gasteiger partial charge in [0.2, 0.25) is 5.92 Å². The molecule has 2 N–H and O–H groups in total. The van der Waals surface area contributed by atoms with Gasteiger partial charge >= 0.3 is 0 Å². The van der Waals surface area contributed by atoms with Gasteiger partial charge in [0.1, 0.15) is 5.75 Å². The number of ether oxygens (including phenoxy) is 1. The van der Waals surface area contributed by atoms with Gasteiger partial charge in [-0.25, -0.2) is 8.78 Å². The number of alkyl halides is 2. The molecule has 0 atom stereocenters. The summed E-state index contributed by atoms with van der Waals surface area (Å²) in [5, 5.41) is 0. The molecule has 82 valence electrons. The quantitative estimate of drug-likeness (QED) is 0.783. The number of hydrogen-bond acceptors (Lipinski definition) is 2. The van der Waals surface area contributed by atoms with Crippen LogP contribution in [0.15, 0.2) is 24.3 Å². The number of nitrogens with two attached hydrogens (primary N) is 1. The Morgan fingerprint density at radius 1 is 1.33 bits per heavy atom. The highest BCUT2D eigenvalue weighted by atomic mass is 19.3. The van der Waals surface area contributed by atoms with Crippen LogP contribution < -0.4 is 10.5 Å². The average molecular weight is 213 g/mol. The minimum Gasteiger partial charge on any atom is -0.491 e. The van der Waals surface area contributed by atoms with E-state index >= 15 is 0 Å². The molecule has 0 amide bonds. The third kappa shape index (κ3) is 2.37. The molecule has 2 nitrogen and oxygen atoms in total. The summed E-state index contributed by atoms with van der Waals surface area (Å²) >= 11 is 0. The summed E-state index contributed by atoms with van der Waals surface area (Å²) in [6, 6.07) is 7.08. The minimum atomic E-state index is -2.48. The SMILES string of the molecule is Nc1ccccc1OCC1CC(F)(F)C1. The monoisotopic (exact) mass is 213 g/mol. The van der Waals surface area contributed by atoms with Gasteiger partial charge in [-0.3, -0.25) is 0 Å². The van der Waals surface area contributed by atoms with Crippen LogP contribution >= 0.6 is 0 Å². The molecule has 1 aliphatic rings. The van der Waals surface area contributed by atoms with Gasteiger partial charge in [0, 0.05) is 18.8 Å². The molecule has 4 heteroatoms. The number of para-hydroxylation sites is 2. The van der Waals surface area contributed by atoms with Gasteiger partial charge in [0.15, 0.2) is 0 Å². The molecule has 0 bridgehead atoms. The smallest absolute Gasteiger partial charge is 0.248 e. The van der Waals surface area contributed by atoms with Gasteiger partial charge in [-0.2, -0.15) is 0 Å². The van der Waals surface area contributed by atoms with Crippen LogP contribution in [0.3, 0.4) is 0 Å². The predicted octanol–water partition coefficient (Wildman–Crippen LogP) is 2.69. The standard InChI is InChI=1S/C11H13F2NO/c12-11(13)5-8(6-11)7-15-10-4-2-1-3-9(10)14/h1-4,8H,5-7,14H2. The topological polar surface area (TPSA) is 35.2 Å². The van der Waals surface area contributed by atoms with Gasteiger partial charge in [-0.15, -0.1) is 0 Å². The van der Waals surface area contributed by atoms with Crippen molar-refractivity contribution in [3.05, 3.63) is 24.3 Å². The highest BCUT2D eigenvalue weighted by Gasteiger charge is 2.45. The van der Waals surface area contributed by atoms with Crippen LogP contribution in [-0.4, -0.2) is 12.5 Å². The van der Waals surface area contributed by atoms with E-state index in [1.165, 1.54) is 0 Å². The van der Waals surface area contributed by atoms with E-state index in [-0.39, 0.29) is 18.8 Å². The van der Waals surface area contributed by atoms with Crippen molar-refractivity contribution in [1.29, 1.82) is 0 Å². The van der Waals surface area contributed by atoms with Crippen molar-refractivity contribution in [2.45, 2.75) is 18.8 Å². The van der Waals surface area contributed by atoms with E-state index in [2.05, 4.69) is 0 Å². The summed E-state index contributed by atoms with van der Waals surface area (Å²) in [5.41, 5.74) is 6.19. The van der Waals surface area contributed by atoms with E-state index < -0.39 is 5.92 Å². The van der Waals surface area contributed by atoms with Crippen molar-refractivity contribution < 1.29 is 13.5 Å². The van der Waals surface area contributed by atoms with Crippen LogP contribution in [0.5, 0.6) is 5.75 Å². The zero-order valence-electron chi connectivity index (χ0n) is 8.25. The Balaban J connectivity index is 1.82. The van der Waals surface area contributed by atoms with Crippen molar-refractivity contribution in [2.24, 2.45) is 5.92 Å². The number of nitrogen functional groups attached to an aromatic ring is 1. The summed E-state index contributed by atoms with van der Waals surface area (Å²) < 4.78 is 30.4. The van der Waals surface area contributed by atoms with Crippen LogP contribution in [0, 0.1) is 5.92 Å². The Bertz CT molecular complexity index is 346. The van der Waals surface area contributed by atoms with E-state index in [0.717, 1.165) is 0 Å². The Labute approximate surface area is 87.0 Å². The fourth-order valence-corrected chi connectivity index (χ4v) is 1.72. The highest BCUT2D eigenvalue weighted by Crippen LogP contribution is 2.42. The zero-order chi connectivity index (χ0) is 10.9. The van der Waals surface area contributed by atoms with Crippen molar-refractivity contribution >= 4 is 5.69 Å². The normalized spacial score (nSPS) is 19.6. The summed E-state index contributed by atoms with van der Waals surface area (Å²) in [6.07, 6.45) is -0.139. The third-order valence-electron chi connectivity index (χ3n) is 2.57. The summed E-state index contributed by atoms with van der Waals surface area (Å²) in [6.45, 7) is 0.323. The number of benzene rings is 1. The molecule has 1 saturated carbocycles. The highest BCUT2D eigenvalue weighted by molar-refractivity contribution is 5.51. The molecule has 1 aromatic carbocycles. The molecule has 2 rings (SSSR count). The van der Waals surface area contributed by atoms with Gasteiger partial charge < -0.3 is 10.5 Å². The molecule has 1 fully saturated rings. The van der Waals surface area contributed by atoms with E-state index in [0.29, 0.717) is 18.0 Å². The number of hydrogen-bond donors (Lipinski definition) is 1. The minimum absolute atomic E-state index is 0.0420. The summed E-state index contributed by atoms with van der Waals surface area (Å²) in [4.78, 5) is 0. The van der Waals surface area contributed by atoms with Gasteiger partial charge in [0.25, 0.3) is 0 Å². The van der Waals surface area contributed by atoms with Gasteiger partial charge in [-0.1, -0.05) is 12.1 Å². The Hall–Kier alpha value is -1.32. The lowest BCUT2D eigenvalue weighted by Gasteiger charge is -2.34. The molecule has 0 saturated heterocycles. The van der Waals surface area contributed by atoms with E-state index in [1.54, 1.807) is 24.3 Å².